The van der Waals surface area contributed by atoms with Crippen LogP contribution in [-0.4, -0.2) is 18.2 Å². The number of phenols is 1. The minimum Gasteiger partial charge on any atom is -0.504 e. The molecule has 0 fully saturated rings. The predicted molar refractivity (Wildman–Crippen MR) is 39.4 cm³/mol. The van der Waals surface area contributed by atoms with Crippen LogP contribution in [0.4, 0.5) is 4.39 Å². The predicted octanol–water partition coefficient (Wildman–Crippen LogP) is 1.32. The van der Waals surface area contributed by atoms with Crippen molar-refractivity contribution >= 4 is 5.97 Å². The zero-order chi connectivity index (χ0) is 9.14. The second kappa shape index (κ2) is 3.21. The van der Waals surface area contributed by atoms with Gasteiger partial charge in [0.15, 0.2) is 11.6 Å². The fourth-order valence-corrected chi connectivity index (χ4v) is 0.790. The van der Waals surface area contributed by atoms with Gasteiger partial charge in [0.1, 0.15) is 5.56 Å². The number of carbonyl (C=O) groups is 1. The smallest absolute Gasteiger partial charge is 0.341 e. The second-order valence-electron chi connectivity index (χ2n) is 2.13. The van der Waals surface area contributed by atoms with Gasteiger partial charge in [0.05, 0.1) is 7.11 Å². The average Bonchev–Trinajstić information content (AvgIpc) is 2.08. The molecule has 0 heterocycles. The number of para-hydroxylation sites is 1. The quantitative estimate of drug-likeness (QED) is 0.646. The molecule has 1 N–H and O–H groups in total. The molecule has 1 rings (SSSR count). The molecule has 0 aromatic heterocycles. The Morgan fingerprint density at radius 2 is 2.25 bits per heavy atom. The highest BCUT2D eigenvalue weighted by Gasteiger charge is 2.13. The van der Waals surface area contributed by atoms with E-state index in [1.807, 2.05) is 0 Å². The lowest BCUT2D eigenvalue weighted by Crippen LogP contribution is -2.01. The Hall–Kier alpha value is -1.58. The fraction of sp³-hybridized carbons (Fsp3) is 0.125. The normalized spacial score (nSPS) is 9.50. The van der Waals surface area contributed by atoms with Gasteiger partial charge in [-0.1, -0.05) is 6.07 Å². The van der Waals surface area contributed by atoms with E-state index in [9.17, 15) is 9.18 Å². The number of methoxy groups -OCH3 is 1. The van der Waals surface area contributed by atoms with E-state index in [1.165, 1.54) is 12.1 Å². The third-order valence-electron chi connectivity index (χ3n) is 1.39. The molecule has 0 aliphatic heterocycles. The van der Waals surface area contributed by atoms with E-state index >= 15 is 0 Å². The molecule has 0 amide bonds. The molecule has 0 radical (unpaired) electrons. The summed E-state index contributed by atoms with van der Waals surface area (Å²) < 4.78 is 16.9. The van der Waals surface area contributed by atoms with Gasteiger partial charge >= 0.3 is 5.97 Å². The maximum absolute atomic E-state index is 12.6. The number of ether oxygens (including phenoxy) is 1. The maximum atomic E-state index is 12.6. The minimum absolute atomic E-state index is 0.169. The van der Waals surface area contributed by atoms with E-state index in [-0.39, 0.29) is 5.56 Å². The van der Waals surface area contributed by atoms with Crippen molar-refractivity contribution < 1.29 is 19.0 Å². The lowest BCUT2D eigenvalue weighted by molar-refractivity contribution is 0.0596. The summed E-state index contributed by atoms with van der Waals surface area (Å²) in [4.78, 5) is 10.8. The van der Waals surface area contributed by atoms with Crippen molar-refractivity contribution in [1.29, 1.82) is 0 Å². The molecule has 0 saturated heterocycles. The molecule has 4 heteroatoms. The summed E-state index contributed by atoms with van der Waals surface area (Å²) in [7, 11) is 1.16. The van der Waals surface area contributed by atoms with Crippen molar-refractivity contribution in [2.24, 2.45) is 0 Å². The summed E-state index contributed by atoms with van der Waals surface area (Å²) >= 11 is 0. The molecule has 3 nitrogen and oxygen atoms in total. The Morgan fingerprint density at radius 1 is 1.58 bits per heavy atom. The molecule has 12 heavy (non-hydrogen) atoms. The number of esters is 1. The summed E-state index contributed by atoms with van der Waals surface area (Å²) in [6.45, 7) is 0. The van der Waals surface area contributed by atoms with E-state index < -0.39 is 17.5 Å². The highest BCUT2D eigenvalue weighted by Crippen LogP contribution is 2.20. The average molecular weight is 170 g/mol. The Labute approximate surface area is 68.4 Å². The number of hydrogen-bond acceptors (Lipinski definition) is 3. The van der Waals surface area contributed by atoms with Crippen LogP contribution in [0.2, 0.25) is 0 Å². The van der Waals surface area contributed by atoms with Crippen molar-refractivity contribution in [1.82, 2.24) is 0 Å². The summed E-state index contributed by atoms with van der Waals surface area (Å²) in [5.74, 6) is -2.27. The minimum atomic E-state index is -0.835. The number of aromatic hydroxyl groups is 1. The molecule has 64 valence electrons. The van der Waals surface area contributed by atoms with Crippen molar-refractivity contribution in [3.63, 3.8) is 0 Å². The molecule has 0 bridgehead atoms. The molecular weight excluding hydrogens is 163 g/mol. The van der Waals surface area contributed by atoms with Gasteiger partial charge < -0.3 is 9.84 Å². The highest BCUT2D eigenvalue weighted by atomic mass is 19.1. The molecule has 1 aromatic rings. The zero-order valence-corrected chi connectivity index (χ0v) is 6.37. The first kappa shape index (κ1) is 8.52. The standard InChI is InChI=1S/C8H7FO3/c1-12-8(11)5-3-2-4-6(9)7(5)10/h2-4,10H,1H3. The van der Waals surface area contributed by atoms with Gasteiger partial charge in [-0.25, -0.2) is 9.18 Å². The van der Waals surface area contributed by atoms with Crippen molar-refractivity contribution in [2.75, 3.05) is 7.11 Å². The van der Waals surface area contributed by atoms with Gasteiger partial charge in [0.25, 0.3) is 0 Å². The number of carbonyl (C=O) groups excluding carboxylic acids is 1. The van der Waals surface area contributed by atoms with Crippen LogP contribution < -0.4 is 0 Å². The number of halogens is 1. The molecule has 0 unspecified atom stereocenters. The summed E-state index contributed by atoms with van der Waals surface area (Å²) in [5, 5.41) is 9.02. The van der Waals surface area contributed by atoms with Crippen LogP contribution in [0.25, 0.3) is 0 Å². The number of phenolic OH excluding ortho intramolecular Hbond substituents is 1. The lowest BCUT2D eigenvalue weighted by Gasteiger charge is -2.01. The third kappa shape index (κ3) is 1.37. The molecule has 0 spiro atoms. The van der Waals surface area contributed by atoms with Gasteiger partial charge in [0, 0.05) is 0 Å². The van der Waals surface area contributed by atoms with Crippen molar-refractivity contribution in [2.45, 2.75) is 0 Å². The molecule has 1 aromatic carbocycles. The Kier molecular flexibility index (Phi) is 2.28. The maximum Gasteiger partial charge on any atom is 0.341 e. The zero-order valence-electron chi connectivity index (χ0n) is 6.37. The number of benzene rings is 1. The monoisotopic (exact) mass is 170 g/mol. The van der Waals surface area contributed by atoms with Crippen LogP contribution in [-0.2, 0) is 4.74 Å². The Balaban J connectivity index is 3.16. The van der Waals surface area contributed by atoms with Crippen molar-refractivity contribution in [3.8, 4) is 5.75 Å². The van der Waals surface area contributed by atoms with Crippen molar-refractivity contribution in [3.05, 3.63) is 29.6 Å². The van der Waals surface area contributed by atoms with E-state index in [1.54, 1.807) is 0 Å². The Bertz CT molecular complexity index is 309. The number of hydrogen-bond donors (Lipinski definition) is 1. The lowest BCUT2D eigenvalue weighted by atomic mass is 10.2. The van der Waals surface area contributed by atoms with E-state index in [2.05, 4.69) is 4.74 Å². The summed E-state index contributed by atoms with van der Waals surface area (Å²) in [6.07, 6.45) is 0. The summed E-state index contributed by atoms with van der Waals surface area (Å²) in [6, 6.07) is 3.66. The number of rotatable bonds is 1. The molecule has 0 aliphatic carbocycles. The first-order valence-electron chi connectivity index (χ1n) is 3.22. The van der Waals surface area contributed by atoms with E-state index in [4.69, 9.17) is 5.11 Å². The topological polar surface area (TPSA) is 46.5 Å². The van der Waals surface area contributed by atoms with Gasteiger partial charge in [-0.3, -0.25) is 0 Å². The van der Waals surface area contributed by atoms with Crippen LogP contribution >= 0.6 is 0 Å². The van der Waals surface area contributed by atoms with Crippen LogP contribution in [0.15, 0.2) is 18.2 Å². The third-order valence-corrected chi connectivity index (χ3v) is 1.39. The Morgan fingerprint density at radius 3 is 2.83 bits per heavy atom. The summed E-state index contributed by atoms with van der Waals surface area (Å²) in [5.41, 5.74) is -0.169. The SMILES string of the molecule is COC(=O)c1cccc(F)c1O. The molecule has 0 atom stereocenters. The molecule has 0 saturated carbocycles. The van der Waals surface area contributed by atoms with Gasteiger partial charge in [-0.15, -0.1) is 0 Å². The van der Waals surface area contributed by atoms with Gasteiger partial charge in [-0.2, -0.15) is 0 Å². The van der Waals surface area contributed by atoms with E-state index in [0.717, 1.165) is 13.2 Å². The van der Waals surface area contributed by atoms with Crippen LogP contribution in [0.1, 0.15) is 10.4 Å². The van der Waals surface area contributed by atoms with Crippen LogP contribution in [0, 0.1) is 5.82 Å². The van der Waals surface area contributed by atoms with Gasteiger partial charge in [-0.05, 0) is 12.1 Å². The fourth-order valence-electron chi connectivity index (χ4n) is 0.790. The van der Waals surface area contributed by atoms with E-state index in [0.29, 0.717) is 0 Å². The highest BCUT2D eigenvalue weighted by molar-refractivity contribution is 5.92. The molecular formula is C8H7FO3. The first-order chi connectivity index (χ1) is 5.66. The molecule has 0 aliphatic rings. The second-order valence-corrected chi connectivity index (χ2v) is 2.13. The van der Waals surface area contributed by atoms with Crippen LogP contribution in [0.5, 0.6) is 5.75 Å². The largest absolute Gasteiger partial charge is 0.504 e. The van der Waals surface area contributed by atoms with Crippen LogP contribution in [0.3, 0.4) is 0 Å². The van der Waals surface area contributed by atoms with Gasteiger partial charge in [0.2, 0.25) is 0 Å². The first-order valence-corrected chi connectivity index (χ1v) is 3.22.